The van der Waals surface area contributed by atoms with E-state index in [0.29, 0.717) is 69.1 Å². The predicted octanol–water partition coefficient (Wildman–Crippen LogP) is 5.63. The number of carbonyl (C=O) groups excluding carboxylic acids is 3. The van der Waals surface area contributed by atoms with Gasteiger partial charge >= 0.3 is 6.09 Å². The van der Waals surface area contributed by atoms with Crippen LogP contribution in [0.4, 0.5) is 4.79 Å². The van der Waals surface area contributed by atoms with Crippen LogP contribution in [-0.4, -0.2) is 58.4 Å². The van der Waals surface area contributed by atoms with Gasteiger partial charge in [-0.1, -0.05) is 32.0 Å². The second-order valence-electron chi connectivity index (χ2n) is 11.3. The maximum absolute atomic E-state index is 12.7. The Labute approximate surface area is 240 Å². The van der Waals surface area contributed by atoms with Crippen LogP contribution >= 0.6 is 0 Å². The van der Waals surface area contributed by atoms with Crippen molar-refractivity contribution in [2.75, 3.05) is 19.6 Å². The molecule has 2 fully saturated rings. The summed E-state index contributed by atoms with van der Waals surface area (Å²) < 4.78 is 17.4. The highest BCUT2D eigenvalue weighted by Gasteiger charge is 2.37. The molecular formula is C32H35N3O6. The number of piperidine rings is 2. The quantitative estimate of drug-likeness (QED) is 0.331. The van der Waals surface area contributed by atoms with Crippen molar-refractivity contribution in [2.45, 2.75) is 52.1 Å². The number of ether oxygens (including phenoxy) is 3. The van der Waals surface area contributed by atoms with Gasteiger partial charge in [-0.15, -0.1) is 0 Å². The van der Waals surface area contributed by atoms with Crippen LogP contribution in [-0.2, 0) is 16.0 Å². The first kappa shape index (κ1) is 28.1. The van der Waals surface area contributed by atoms with Gasteiger partial charge < -0.3 is 19.1 Å². The Balaban J connectivity index is 1.04. The number of benzene rings is 2. The third kappa shape index (κ3) is 7.63. The molecule has 9 heteroatoms. The van der Waals surface area contributed by atoms with Gasteiger partial charge in [0.05, 0.1) is 0 Å². The average molecular weight is 558 g/mol. The van der Waals surface area contributed by atoms with E-state index in [0.717, 1.165) is 11.3 Å². The number of amides is 3. The molecule has 9 nitrogen and oxygen atoms in total. The molecule has 0 bridgehead atoms. The van der Waals surface area contributed by atoms with Crippen LogP contribution in [0.1, 0.15) is 45.1 Å². The standard InChI is InChI=1S/C32H35N3O6/c1-32(2)21-29(36)35(30(37)22-32)20-14-23-6-8-26(9-7-23)41-31(38)34-18-15-27(16-19-34)39-24-10-12-25(13-11-24)40-28-5-3-4-17-33-28/h3-13,17,27H,14-16,18-22H2,1-2H3. The minimum absolute atomic E-state index is 0.00521. The topological polar surface area (TPSA) is 98.3 Å². The molecule has 2 aromatic carbocycles. The van der Waals surface area contributed by atoms with Crippen molar-refractivity contribution in [1.82, 2.24) is 14.8 Å². The van der Waals surface area contributed by atoms with Gasteiger partial charge in [-0.05, 0) is 59.9 Å². The highest BCUT2D eigenvalue weighted by molar-refractivity contribution is 5.98. The summed E-state index contributed by atoms with van der Waals surface area (Å²) in [5, 5.41) is 0. The molecule has 3 heterocycles. The zero-order chi connectivity index (χ0) is 28.8. The first-order chi connectivity index (χ1) is 19.7. The molecule has 0 spiro atoms. The number of pyridine rings is 1. The summed E-state index contributed by atoms with van der Waals surface area (Å²) in [6.07, 6.45) is 4.01. The van der Waals surface area contributed by atoms with Crippen LogP contribution in [0.2, 0.25) is 0 Å². The molecular weight excluding hydrogens is 522 g/mol. The Bertz CT molecular complexity index is 1330. The number of hydrogen-bond donors (Lipinski definition) is 0. The van der Waals surface area contributed by atoms with Crippen molar-refractivity contribution in [3.63, 3.8) is 0 Å². The number of likely N-dealkylation sites (tertiary alicyclic amines) is 2. The second-order valence-corrected chi connectivity index (χ2v) is 11.3. The molecule has 214 valence electrons. The van der Waals surface area contributed by atoms with E-state index in [1.165, 1.54) is 4.90 Å². The van der Waals surface area contributed by atoms with Crippen molar-refractivity contribution in [3.8, 4) is 23.1 Å². The molecule has 3 aromatic rings. The molecule has 0 aliphatic carbocycles. The van der Waals surface area contributed by atoms with E-state index in [9.17, 15) is 14.4 Å². The number of hydrogen-bond acceptors (Lipinski definition) is 7. The normalized spacial score (nSPS) is 17.3. The molecule has 0 unspecified atom stereocenters. The minimum atomic E-state index is -0.389. The maximum Gasteiger partial charge on any atom is 0.415 e. The number of nitrogens with zero attached hydrogens (tertiary/aromatic N) is 3. The van der Waals surface area contributed by atoms with Gasteiger partial charge in [-0.2, -0.15) is 0 Å². The van der Waals surface area contributed by atoms with Crippen molar-refractivity contribution >= 4 is 17.9 Å². The lowest BCUT2D eigenvalue weighted by molar-refractivity contribution is -0.152. The Morgan fingerprint density at radius 2 is 1.51 bits per heavy atom. The zero-order valence-electron chi connectivity index (χ0n) is 23.5. The van der Waals surface area contributed by atoms with Crippen LogP contribution < -0.4 is 14.2 Å². The van der Waals surface area contributed by atoms with Crippen molar-refractivity contribution in [2.24, 2.45) is 5.41 Å². The van der Waals surface area contributed by atoms with Gasteiger partial charge in [-0.3, -0.25) is 14.5 Å². The fraction of sp³-hybridized carbons (Fsp3) is 0.375. The Hall–Kier alpha value is -4.40. The predicted molar refractivity (Wildman–Crippen MR) is 152 cm³/mol. The minimum Gasteiger partial charge on any atom is -0.490 e. The Morgan fingerprint density at radius 1 is 0.878 bits per heavy atom. The summed E-state index contributed by atoms with van der Waals surface area (Å²) in [5.41, 5.74) is 0.686. The van der Waals surface area contributed by atoms with Crippen molar-refractivity contribution in [3.05, 3.63) is 78.5 Å². The van der Waals surface area contributed by atoms with Gasteiger partial charge in [0, 0.05) is 57.6 Å². The Kier molecular flexibility index (Phi) is 8.52. The second kappa shape index (κ2) is 12.4. The monoisotopic (exact) mass is 557 g/mol. The van der Waals surface area contributed by atoms with Crippen LogP contribution in [0, 0.1) is 5.41 Å². The lowest BCUT2D eigenvalue weighted by Gasteiger charge is -2.34. The molecule has 3 amide bonds. The third-order valence-electron chi connectivity index (χ3n) is 7.30. The van der Waals surface area contributed by atoms with Crippen LogP contribution in [0.3, 0.4) is 0 Å². The number of imide groups is 1. The summed E-state index contributed by atoms with van der Waals surface area (Å²) >= 11 is 0. The van der Waals surface area contributed by atoms with Crippen LogP contribution in [0.25, 0.3) is 0 Å². The van der Waals surface area contributed by atoms with Crippen molar-refractivity contribution < 1.29 is 28.6 Å². The molecule has 0 saturated carbocycles. The smallest absolute Gasteiger partial charge is 0.415 e. The maximum atomic E-state index is 12.7. The highest BCUT2D eigenvalue weighted by Crippen LogP contribution is 2.31. The molecule has 0 N–H and O–H groups in total. The summed E-state index contributed by atoms with van der Waals surface area (Å²) in [7, 11) is 0. The largest absolute Gasteiger partial charge is 0.490 e. The zero-order valence-corrected chi connectivity index (χ0v) is 23.5. The number of aromatic nitrogens is 1. The third-order valence-corrected chi connectivity index (χ3v) is 7.30. The first-order valence-corrected chi connectivity index (χ1v) is 14.0. The van der Waals surface area contributed by atoms with Crippen molar-refractivity contribution in [1.29, 1.82) is 0 Å². The van der Waals surface area contributed by atoms with E-state index in [1.54, 1.807) is 29.3 Å². The number of rotatable bonds is 8. The lowest BCUT2D eigenvalue weighted by atomic mass is 9.81. The summed E-state index contributed by atoms with van der Waals surface area (Å²) in [5.74, 6) is 2.18. The van der Waals surface area contributed by atoms with Crippen LogP contribution in [0.5, 0.6) is 23.1 Å². The van der Waals surface area contributed by atoms with Gasteiger partial charge in [-0.25, -0.2) is 9.78 Å². The summed E-state index contributed by atoms with van der Waals surface area (Å²) in [6, 6.07) is 20.1. The molecule has 0 radical (unpaired) electrons. The molecule has 2 saturated heterocycles. The molecule has 1 aromatic heterocycles. The molecule has 5 rings (SSSR count). The lowest BCUT2D eigenvalue weighted by Crippen LogP contribution is -2.46. The summed E-state index contributed by atoms with van der Waals surface area (Å²) in [6.45, 7) is 5.32. The average Bonchev–Trinajstić information content (AvgIpc) is 2.95. The van der Waals surface area contributed by atoms with Gasteiger partial charge in [0.2, 0.25) is 17.7 Å². The highest BCUT2D eigenvalue weighted by atomic mass is 16.6. The molecule has 2 aliphatic rings. The summed E-state index contributed by atoms with van der Waals surface area (Å²) in [4.78, 5) is 44.7. The first-order valence-electron chi connectivity index (χ1n) is 14.0. The molecule has 0 atom stereocenters. The number of carbonyl (C=O) groups is 3. The van der Waals surface area contributed by atoms with Crippen LogP contribution in [0.15, 0.2) is 72.9 Å². The van der Waals surface area contributed by atoms with Gasteiger partial charge in [0.15, 0.2) is 0 Å². The van der Waals surface area contributed by atoms with Gasteiger partial charge in [0.1, 0.15) is 23.4 Å². The van der Waals surface area contributed by atoms with E-state index in [2.05, 4.69) is 4.98 Å². The fourth-order valence-corrected chi connectivity index (χ4v) is 5.05. The van der Waals surface area contributed by atoms with Gasteiger partial charge in [0.25, 0.3) is 0 Å². The van der Waals surface area contributed by atoms with E-state index in [1.807, 2.05) is 62.4 Å². The fourth-order valence-electron chi connectivity index (χ4n) is 5.05. The molecule has 2 aliphatic heterocycles. The van der Waals surface area contributed by atoms with E-state index in [-0.39, 0.29) is 29.4 Å². The SMILES string of the molecule is CC1(C)CC(=O)N(CCc2ccc(OC(=O)N3CCC(Oc4ccc(Oc5ccccn5)cc4)CC3)cc2)C(=O)C1. The van der Waals surface area contributed by atoms with E-state index >= 15 is 0 Å². The van der Waals surface area contributed by atoms with E-state index < -0.39 is 0 Å². The van der Waals surface area contributed by atoms with E-state index in [4.69, 9.17) is 14.2 Å². The molecule has 41 heavy (non-hydrogen) atoms. The Morgan fingerprint density at radius 3 is 2.15 bits per heavy atom.